The van der Waals surface area contributed by atoms with Gasteiger partial charge >= 0.3 is 0 Å². The summed E-state index contributed by atoms with van der Waals surface area (Å²) in [5.41, 5.74) is 7.85. The van der Waals surface area contributed by atoms with Gasteiger partial charge in [-0.15, -0.1) is 11.3 Å². The second kappa shape index (κ2) is 6.77. The molecule has 2 heterocycles. The van der Waals surface area contributed by atoms with E-state index in [1.165, 1.54) is 34.4 Å². The number of primary amides is 1. The number of hydrogen-bond donors (Lipinski definition) is 1. The molecule has 4 rings (SSSR count). The number of thiophene rings is 1. The van der Waals surface area contributed by atoms with Gasteiger partial charge in [0.1, 0.15) is 10.6 Å². The molecule has 0 radical (unpaired) electrons. The van der Waals surface area contributed by atoms with E-state index in [0.717, 1.165) is 16.7 Å². The van der Waals surface area contributed by atoms with Crippen molar-refractivity contribution in [2.75, 3.05) is 0 Å². The molecule has 4 aromatic rings. The summed E-state index contributed by atoms with van der Waals surface area (Å²) >= 11 is 1.38. The summed E-state index contributed by atoms with van der Waals surface area (Å²) in [6.45, 7) is 0.319. The number of nitrogens with zero attached hydrogens (tertiary/aromatic N) is 2. The van der Waals surface area contributed by atoms with Crippen LogP contribution in [0.5, 0.6) is 0 Å². The average molecular weight is 379 g/mol. The smallest absolute Gasteiger partial charge is 0.263 e. The number of rotatable bonds is 4. The van der Waals surface area contributed by atoms with Gasteiger partial charge in [0, 0.05) is 16.5 Å². The molecule has 2 N–H and O–H groups in total. The summed E-state index contributed by atoms with van der Waals surface area (Å²) in [6.07, 6.45) is 1.51. The van der Waals surface area contributed by atoms with Crippen LogP contribution in [0, 0.1) is 5.82 Å². The highest BCUT2D eigenvalue weighted by Crippen LogP contribution is 2.30. The molecule has 2 aromatic carbocycles. The molecule has 27 heavy (non-hydrogen) atoms. The summed E-state index contributed by atoms with van der Waals surface area (Å²) in [5.74, 6) is -0.822. The zero-order valence-electron chi connectivity index (χ0n) is 14.1. The molecule has 0 saturated carbocycles. The van der Waals surface area contributed by atoms with Gasteiger partial charge < -0.3 is 5.73 Å². The minimum absolute atomic E-state index is 0.167. The molecule has 1 amide bonds. The third kappa shape index (κ3) is 3.24. The second-order valence-electron chi connectivity index (χ2n) is 6.08. The van der Waals surface area contributed by atoms with Gasteiger partial charge in [-0.3, -0.25) is 14.2 Å². The first-order valence-electron chi connectivity index (χ1n) is 8.14. The Hall–Kier alpha value is -3.32. The number of hydrogen-bond acceptors (Lipinski definition) is 4. The van der Waals surface area contributed by atoms with Crippen LogP contribution >= 0.6 is 11.3 Å². The Morgan fingerprint density at radius 2 is 1.81 bits per heavy atom. The predicted octanol–water partition coefficient (Wildman–Crippen LogP) is 3.41. The molecule has 5 nitrogen and oxygen atoms in total. The molecule has 0 aliphatic heterocycles. The first kappa shape index (κ1) is 17.1. The van der Waals surface area contributed by atoms with Crippen molar-refractivity contribution >= 4 is 27.5 Å². The fourth-order valence-corrected chi connectivity index (χ4v) is 3.80. The van der Waals surface area contributed by atoms with Gasteiger partial charge in [0.05, 0.1) is 18.3 Å². The van der Waals surface area contributed by atoms with Crippen LogP contribution in [0.15, 0.2) is 65.0 Å². The summed E-state index contributed by atoms with van der Waals surface area (Å²) in [6, 6.07) is 12.8. The standard InChI is InChI=1S/C20H14FN3O2S/c21-15-7-5-13(6-8-15)16-10-27-19-17(16)20(26)24(11-23-19)9-12-1-3-14(4-2-12)18(22)25/h1-8,10-11H,9H2,(H2,22,25). The molecule has 0 unspecified atom stereocenters. The monoisotopic (exact) mass is 379 g/mol. The number of halogens is 1. The summed E-state index contributed by atoms with van der Waals surface area (Å²) in [5, 5.41) is 2.38. The molecule has 0 bridgehead atoms. The quantitative estimate of drug-likeness (QED) is 0.590. The van der Waals surface area contributed by atoms with E-state index in [2.05, 4.69) is 4.98 Å². The lowest BCUT2D eigenvalue weighted by Crippen LogP contribution is -2.21. The number of benzene rings is 2. The van der Waals surface area contributed by atoms with Crippen LogP contribution in [-0.2, 0) is 6.54 Å². The Kier molecular flexibility index (Phi) is 4.29. The van der Waals surface area contributed by atoms with E-state index >= 15 is 0 Å². The molecule has 0 fully saturated rings. The van der Waals surface area contributed by atoms with Gasteiger partial charge in [0.25, 0.3) is 5.56 Å². The van der Waals surface area contributed by atoms with E-state index in [1.54, 1.807) is 36.4 Å². The van der Waals surface area contributed by atoms with E-state index < -0.39 is 5.91 Å². The summed E-state index contributed by atoms with van der Waals surface area (Å²) in [4.78, 5) is 29.2. The van der Waals surface area contributed by atoms with Crippen molar-refractivity contribution < 1.29 is 9.18 Å². The van der Waals surface area contributed by atoms with Crippen LogP contribution in [0.3, 0.4) is 0 Å². The maximum Gasteiger partial charge on any atom is 0.263 e. The molecule has 0 aliphatic carbocycles. The molecule has 2 aromatic heterocycles. The lowest BCUT2D eigenvalue weighted by molar-refractivity contribution is 0.100. The number of amides is 1. The molecule has 134 valence electrons. The van der Waals surface area contributed by atoms with E-state index in [1.807, 2.05) is 5.38 Å². The Balaban J connectivity index is 1.75. The molecule has 0 aliphatic rings. The number of aromatic nitrogens is 2. The Bertz CT molecular complexity index is 1190. The highest BCUT2D eigenvalue weighted by Gasteiger charge is 2.13. The highest BCUT2D eigenvalue weighted by atomic mass is 32.1. The third-order valence-electron chi connectivity index (χ3n) is 4.31. The lowest BCUT2D eigenvalue weighted by atomic mass is 10.1. The van der Waals surface area contributed by atoms with Crippen LogP contribution in [-0.4, -0.2) is 15.5 Å². The second-order valence-corrected chi connectivity index (χ2v) is 6.93. The van der Waals surface area contributed by atoms with Crippen LogP contribution < -0.4 is 11.3 Å². The van der Waals surface area contributed by atoms with Crippen LogP contribution in [0.4, 0.5) is 4.39 Å². The van der Waals surface area contributed by atoms with Crippen molar-refractivity contribution in [3.8, 4) is 11.1 Å². The van der Waals surface area contributed by atoms with Gasteiger partial charge in [-0.25, -0.2) is 9.37 Å². The lowest BCUT2D eigenvalue weighted by Gasteiger charge is -2.07. The summed E-state index contributed by atoms with van der Waals surface area (Å²) in [7, 11) is 0. The van der Waals surface area contributed by atoms with E-state index in [0.29, 0.717) is 22.3 Å². The highest BCUT2D eigenvalue weighted by molar-refractivity contribution is 7.17. The van der Waals surface area contributed by atoms with Gasteiger partial charge in [-0.1, -0.05) is 24.3 Å². The number of carbonyl (C=O) groups is 1. The van der Waals surface area contributed by atoms with Crippen molar-refractivity contribution in [1.82, 2.24) is 9.55 Å². The SMILES string of the molecule is NC(=O)c1ccc(Cn2cnc3scc(-c4ccc(F)cc4)c3c2=O)cc1. The predicted molar refractivity (Wildman–Crippen MR) is 103 cm³/mol. The molecule has 7 heteroatoms. The van der Waals surface area contributed by atoms with Crippen molar-refractivity contribution in [2.45, 2.75) is 6.54 Å². The normalized spacial score (nSPS) is 11.0. The fraction of sp³-hybridized carbons (Fsp3) is 0.0500. The zero-order valence-corrected chi connectivity index (χ0v) is 14.9. The topological polar surface area (TPSA) is 78.0 Å². The Morgan fingerprint density at radius 1 is 1.11 bits per heavy atom. The molecule has 0 spiro atoms. The molecular formula is C20H14FN3O2S. The summed E-state index contributed by atoms with van der Waals surface area (Å²) < 4.78 is 14.7. The van der Waals surface area contributed by atoms with Crippen molar-refractivity contribution in [1.29, 1.82) is 0 Å². The van der Waals surface area contributed by atoms with Gasteiger partial charge in [0.2, 0.25) is 5.91 Å². The first-order chi connectivity index (χ1) is 13.0. The molecule has 0 atom stereocenters. The van der Waals surface area contributed by atoms with Crippen molar-refractivity contribution in [2.24, 2.45) is 5.73 Å². The average Bonchev–Trinajstić information content (AvgIpc) is 3.10. The van der Waals surface area contributed by atoms with Crippen molar-refractivity contribution in [3.05, 3.63) is 87.5 Å². The van der Waals surface area contributed by atoms with Crippen LogP contribution in [0.2, 0.25) is 0 Å². The minimum Gasteiger partial charge on any atom is -0.366 e. The number of carbonyl (C=O) groups excluding carboxylic acids is 1. The number of fused-ring (bicyclic) bond motifs is 1. The van der Waals surface area contributed by atoms with Gasteiger partial charge in [0.15, 0.2) is 0 Å². The third-order valence-corrected chi connectivity index (χ3v) is 5.19. The largest absolute Gasteiger partial charge is 0.366 e. The van der Waals surface area contributed by atoms with Crippen molar-refractivity contribution in [3.63, 3.8) is 0 Å². The van der Waals surface area contributed by atoms with Crippen LogP contribution in [0.25, 0.3) is 21.3 Å². The van der Waals surface area contributed by atoms with E-state index in [-0.39, 0.29) is 11.4 Å². The zero-order chi connectivity index (χ0) is 19.0. The number of nitrogens with two attached hydrogens (primary N) is 1. The maximum absolute atomic E-state index is 13.2. The first-order valence-corrected chi connectivity index (χ1v) is 9.02. The van der Waals surface area contributed by atoms with E-state index in [9.17, 15) is 14.0 Å². The van der Waals surface area contributed by atoms with E-state index in [4.69, 9.17) is 5.73 Å². The molecule has 0 saturated heterocycles. The van der Waals surface area contributed by atoms with Gasteiger partial charge in [-0.2, -0.15) is 0 Å². The Morgan fingerprint density at radius 3 is 2.48 bits per heavy atom. The van der Waals surface area contributed by atoms with Gasteiger partial charge in [-0.05, 0) is 35.4 Å². The fourth-order valence-electron chi connectivity index (χ4n) is 2.89. The van der Waals surface area contributed by atoms with Crippen LogP contribution in [0.1, 0.15) is 15.9 Å². The minimum atomic E-state index is -0.496. The Labute approximate surface area is 157 Å². The maximum atomic E-state index is 13.2. The molecular weight excluding hydrogens is 365 g/mol.